The first kappa shape index (κ1) is 19.0. The lowest BCUT2D eigenvalue weighted by Crippen LogP contribution is -2.52. The highest BCUT2D eigenvalue weighted by molar-refractivity contribution is 6.07. The number of hydrogen-bond acceptors (Lipinski definition) is 5. The van der Waals surface area contributed by atoms with Gasteiger partial charge < -0.3 is 15.1 Å². The van der Waals surface area contributed by atoms with Gasteiger partial charge in [0.1, 0.15) is 6.04 Å². The molecule has 7 nitrogen and oxygen atoms in total. The Kier molecular flexibility index (Phi) is 5.46. The summed E-state index contributed by atoms with van der Waals surface area (Å²) in [6.07, 6.45) is 0.0350. The van der Waals surface area contributed by atoms with Crippen molar-refractivity contribution in [2.45, 2.75) is 19.4 Å². The number of guanidine groups is 1. The van der Waals surface area contributed by atoms with Crippen molar-refractivity contribution in [3.05, 3.63) is 60.2 Å². The first-order valence-corrected chi connectivity index (χ1v) is 9.88. The molecule has 0 bridgehead atoms. The molecule has 4 rings (SSSR count). The van der Waals surface area contributed by atoms with E-state index in [4.69, 9.17) is 0 Å². The van der Waals surface area contributed by atoms with E-state index in [0.29, 0.717) is 5.96 Å². The topological polar surface area (TPSA) is 77.0 Å². The minimum Gasteiger partial charge on any atom is -0.368 e. The molecule has 1 atom stereocenters. The van der Waals surface area contributed by atoms with Gasteiger partial charge in [-0.3, -0.25) is 14.9 Å². The first-order chi connectivity index (χ1) is 14.1. The highest BCUT2D eigenvalue weighted by Gasteiger charge is 2.32. The third-order valence-electron chi connectivity index (χ3n) is 5.20. The van der Waals surface area contributed by atoms with Crippen LogP contribution in [0.1, 0.15) is 12.0 Å². The molecule has 7 heteroatoms. The number of anilines is 2. The summed E-state index contributed by atoms with van der Waals surface area (Å²) in [5, 5.41) is 5.69. The molecule has 0 unspecified atom stereocenters. The SMILES string of the molecule is Cc1cccc(NC(=O)C[C@@H]2N=C(N3CCN(c4ccccc4)CC3)NC2=O)c1. The molecule has 2 amide bonds. The van der Waals surface area contributed by atoms with E-state index in [1.807, 2.05) is 49.4 Å². The number of benzene rings is 2. The fourth-order valence-electron chi connectivity index (χ4n) is 3.66. The highest BCUT2D eigenvalue weighted by Crippen LogP contribution is 2.17. The summed E-state index contributed by atoms with van der Waals surface area (Å²) in [5.41, 5.74) is 3.00. The quantitative estimate of drug-likeness (QED) is 0.836. The van der Waals surface area contributed by atoms with Crippen molar-refractivity contribution in [2.24, 2.45) is 4.99 Å². The van der Waals surface area contributed by atoms with Crippen LogP contribution < -0.4 is 15.5 Å². The number of aryl methyl sites for hydroxylation is 1. The molecule has 2 aromatic carbocycles. The summed E-state index contributed by atoms with van der Waals surface area (Å²) in [5.74, 6) is 0.149. The van der Waals surface area contributed by atoms with Gasteiger partial charge >= 0.3 is 0 Å². The van der Waals surface area contributed by atoms with Crippen LogP contribution in [0.5, 0.6) is 0 Å². The van der Waals surface area contributed by atoms with Gasteiger partial charge in [-0.25, -0.2) is 4.99 Å². The van der Waals surface area contributed by atoms with Crippen LogP contribution in [0.4, 0.5) is 11.4 Å². The van der Waals surface area contributed by atoms with E-state index >= 15 is 0 Å². The van der Waals surface area contributed by atoms with Crippen molar-refractivity contribution in [3.8, 4) is 0 Å². The molecule has 29 heavy (non-hydrogen) atoms. The number of nitrogens with zero attached hydrogens (tertiary/aromatic N) is 3. The summed E-state index contributed by atoms with van der Waals surface area (Å²) in [4.78, 5) is 33.5. The third kappa shape index (κ3) is 4.56. The number of nitrogens with one attached hydrogen (secondary N) is 2. The highest BCUT2D eigenvalue weighted by atomic mass is 16.2. The van der Waals surface area contributed by atoms with Crippen LogP contribution in [0.25, 0.3) is 0 Å². The van der Waals surface area contributed by atoms with Crippen molar-refractivity contribution < 1.29 is 9.59 Å². The van der Waals surface area contributed by atoms with E-state index in [9.17, 15) is 9.59 Å². The second kappa shape index (κ2) is 8.34. The molecular weight excluding hydrogens is 366 g/mol. The fourth-order valence-corrected chi connectivity index (χ4v) is 3.66. The number of aliphatic imine (C=N–C) groups is 1. The zero-order valence-corrected chi connectivity index (χ0v) is 16.5. The van der Waals surface area contributed by atoms with Gasteiger partial charge in [0.15, 0.2) is 0 Å². The summed E-state index contributed by atoms with van der Waals surface area (Å²) < 4.78 is 0. The predicted octanol–water partition coefficient (Wildman–Crippen LogP) is 2.00. The summed E-state index contributed by atoms with van der Waals surface area (Å²) >= 11 is 0. The lowest BCUT2D eigenvalue weighted by molar-refractivity contribution is -0.123. The molecule has 2 aliphatic rings. The predicted molar refractivity (Wildman–Crippen MR) is 114 cm³/mol. The molecule has 2 N–H and O–H groups in total. The van der Waals surface area contributed by atoms with Gasteiger partial charge in [-0.05, 0) is 36.8 Å². The van der Waals surface area contributed by atoms with Crippen LogP contribution in [-0.4, -0.2) is 54.9 Å². The largest absolute Gasteiger partial charge is 0.368 e. The molecule has 2 heterocycles. The number of carbonyl (C=O) groups excluding carboxylic acids is 2. The number of para-hydroxylation sites is 1. The number of amides is 2. The first-order valence-electron chi connectivity index (χ1n) is 9.88. The standard InChI is InChI=1S/C22H25N5O2/c1-16-6-5-7-17(14-16)23-20(28)15-19-21(29)25-22(24-19)27-12-10-26(11-13-27)18-8-3-2-4-9-18/h2-9,14,19H,10-13,15H2,1H3,(H,23,28)(H,24,25,29)/t19-/m0/s1. The smallest absolute Gasteiger partial charge is 0.252 e. The van der Waals surface area contributed by atoms with E-state index in [1.54, 1.807) is 0 Å². The number of carbonyl (C=O) groups is 2. The molecule has 0 saturated carbocycles. The second-order valence-corrected chi connectivity index (χ2v) is 7.39. The van der Waals surface area contributed by atoms with Crippen molar-refractivity contribution >= 4 is 29.1 Å². The summed E-state index contributed by atoms with van der Waals surface area (Å²) in [6, 6.07) is 17.2. The molecule has 150 valence electrons. The van der Waals surface area contributed by atoms with Gasteiger partial charge in [-0.15, -0.1) is 0 Å². The lowest BCUT2D eigenvalue weighted by Gasteiger charge is -2.36. The molecule has 0 radical (unpaired) electrons. The van der Waals surface area contributed by atoms with Crippen LogP contribution in [0.3, 0.4) is 0 Å². The number of hydrogen-bond donors (Lipinski definition) is 2. The minimum atomic E-state index is -0.679. The lowest BCUT2D eigenvalue weighted by atomic mass is 10.2. The normalized spacial score (nSPS) is 19.0. The average Bonchev–Trinajstić information content (AvgIpc) is 3.09. The molecule has 0 spiro atoms. The van der Waals surface area contributed by atoms with Gasteiger partial charge in [0.25, 0.3) is 5.91 Å². The van der Waals surface area contributed by atoms with Crippen LogP contribution in [0, 0.1) is 6.92 Å². The van der Waals surface area contributed by atoms with Gasteiger partial charge in [0, 0.05) is 37.6 Å². The number of rotatable bonds is 4. The molecule has 2 aromatic rings. The second-order valence-electron chi connectivity index (χ2n) is 7.39. The Balaban J connectivity index is 1.32. The zero-order valence-electron chi connectivity index (χ0n) is 16.5. The monoisotopic (exact) mass is 391 g/mol. The Hall–Kier alpha value is -3.35. The maximum Gasteiger partial charge on any atom is 0.252 e. The third-order valence-corrected chi connectivity index (χ3v) is 5.20. The fraction of sp³-hybridized carbons (Fsp3) is 0.318. The van der Waals surface area contributed by atoms with Crippen molar-refractivity contribution in [3.63, 3.8) is 0 Å². The molecule has 0 aliphatic carbocycles. The Morgan fingerprint density at radius 1 is 1.07 bits per heavy atom. The molecular formula is C22H25N5O2. The number of piperazine rings is 1. The van der Waals surface area contributed by atoms with Crippen LogP contribution in [0.15, 0.2) is 59.6 Å². The van der Waals surface area contributed by atoms with Gasteiger partial charge in [-0.2, -0.15) is 0 Å². The van der Waals surface area contributed by atoms with Crippen LogP contribution >= 0.6 is 0 Å². The molecule has 2 aliphatic heterocycles. The van der Waals surface area contributed by atoms with Crippen LogP contribution in [0.2, 0.25) is 0 Å². The van der Waals surface area contributed by atoms with Crippen molar-refractivity contribution in [1.29, 1.82) is 0 Å². The molecule has 0 aromatic heterocycles. The Labute approximate surface area is 170 Å². The Morgan fingerprint density at radius 2 is 1.79 bits per heavy atom. The van der Waals surface area contributed by atoms with E-state index < -0.39 is 6.04 Å². The van der Waals surface area contributed by atoms with E-state index in [1.165, 1.54) is 5.69 Å². The minimum absolute atomic E-state index is 0.0350. The van der Waals surface area contributed by atoms with Gasteiger partial charge in [0.05, 0.1) is 6.42 Å². The van der Waals surface area contributed by atoms with E-state index in [2.05, 4.69) is 37.6 Å². The maximum atomic E-state index is 12.3. The van der Waals surface area contributed by atoms with Gasteiger partial charge in [0.2, 0.25) is 11.9 Å². The van der Waals surface area contributed by atoms with Crippen molar-refractivity contribution in [1.82, 2.24) is 10.2 Å². The van der Waals surface area contributed by atoms with Gasteiger partial charge in [-0.1, -0.05) is 30.3 Å². The summed E-state index contributed by atoms with van der Waals surface area (Å²) in [7, 11) is 0. The summed E-state index contributed by atoms with van der Waals surface area (Å²) in [6.45, 7) is 5.23. The average molecular weight is 391 g/mol. The maximum absolute atomic E-state index is 12.3. The molecule has 1 fully saturated rings. The van der Waals surface area contributed by atoms with Crippen molar-refractivity contribution in [2.75, 3.05) is 36.4 Å². The van der Waals surface area contributed by atoms with Crippen LogP contribution in [-0.2, 0) is 9.59 Å². The molecule has 1 saturated heterocycles. The van der Waals surface area contributed by atoms with E-state index in [-0.39, 0.29) is 18.2 Å². The Bertz CT molecular complexity index is 920. The van der Waals surface area contributed by atoms with E-state index in [0.717, 1.165) is 37.4 Å². The Morgan fingerprint density at radius 3 is 2.52 bits per heavy atom. The zero-order chi connectivity index (χ0) is 20.2.